The minimum atomic E-state index is -0.522. The fraction of sp³-hybridized carbons (Fsp3) is 0.250. The summed E-state index contributed by atoms with van der Waals surface area (Å²) in [6.07, 6.45) is 0.358. The zero-order chi connectivity index (χ0) is 19.4. The Morgan fingerprint density at radius 2 is 1.74 bits per heavy atom. The van der Waals surface area contributed by atoms with Gasteiger partial charge in [0, 0.05) is 11.6 Å². The lowest BCUT2D eigenvalue weighted by Gasteiger charge is -2.14. The topological polar surface area (TPSA) is 72.9 Å². The summed E-state index contributed by atoms with van der Waals surface area (Å²) in [6, 6.07) is 11.8. The molecule has 0 fully saturated rings. The van der Waals surface area contributed by atoms with E-state index in [9.17, 15) is 14.4 Å². The van der Waals surface area contributed by atoms with Crippen molar-refractivity contribution in [1.29, 1.82) is 0 Å². The maximum absolute atomic E-state index is 12.2. The minimum Gasteiger partial charge on any atom is -0.482 e. The molecule has 0 saturated carbocycles. The normalized spacial score (nSPS) is 12.9. The van der Waals surface area contributed by atoms with E-state index >= 15 is 0 Å². The van der Waals surface area contributed by atoms with E-state index in [-0.39, 0.29) is 31.6 Å². The van der Waals surface area contributed by atoms with E-state index < -0.39 is 5.97 Å². The number of hydrogen-bond acceptors (Lipinski definition) is 5. The molecule has 140 valence electrons. The summed E-state index contributed by atoms with van der Waals surface area (Å²) in [4.78, 5) is 37.4. The SMILES string of the molecule is Cc1cc(Cl)ccc1OCC(=O)OCCCN1C(=O)c2ccccc2C1=O. The highest BCUT2D eigenvalue weighted by Gasteiger charge is 2.34. The molecule has 0 aromatic heterocycles. The van der Waals surface area contributed by atoms with E-state index in [0.29, 0.717) is 28.3 Å². The quantitative estimate of drug-likeness (QED) is 0.414. The maximum Gasteiger partial charge on any atom is 0.344 e. The highest BCUT2D eigenvalue weighted by Crippen LogP contribution is 2.23. The summed E-state index contributed by atoms with van der Waals surface area (Å²) in [5.41, 5.74) is 1.64. The van der Waals surface area contributed by atoms with Gasteiger partial charge in [0.25, 0.3) is 11.8 Å². The lowest BCUT2D eigenvalue weighted by Crippen LogP contribution is -2.31. The van der Waals surface area contributed by atoms with Gasteiger partial charge in [-0.2, -0.15) is 0 Å². The summed E-state index contributed by atoms with van der Waals surface area (Å²) < 4.78 is 10.5. The van der Waals surface area contributed by atoms with Crippen LogP contribution in [-0.2, 0) is 9.53 Å². The molecule has 2 amide bonds. The lowest BCUT2D eigenvalue weighted by molar-refractivity contribution is -0.146. The molecule has 3 rings (SSSR count). The van der Waals surface area contributed by atoms with Crippen molar-refractivity contribution in [3.8, 4) is 5.75 Å². The number of nitrogens with zero attached hydrogens (tertiary/aromatic N) is 1. The van der Waals surface area contributed by atoms with Gasteiger partial charge < -0.3 is 9.47 Å². The number of esters is 1. The molecular formula is C20H18ClNO5. The minimum absolute atomic E-state index is 0.0925. The van der Waals surface area contributed by atoms with E-state index in [0.717, 1.165) is 5.56 Å². The third kappa shape index (κ3) is 4.28. The van der Waals surface area contributed by atoms with Gasteiger partial charge in [0.1, 0.15) is 5.75 Å². The van der Waals surface area contributed by atoms with Gasteiger partial charge in [-0.3, -0.25) is 14.5 Å². The summed E-state index contributed by atoms with van der Waals surface area (Å²) in [5.74, 6) is -0.596. The van der Waals surface area contributed by atoms with Crippen molar-refractivity contribution in [2.75, 3.05) is 19.8 Å². The molecule has 0 unspecified atom stereocenters. The third-order valence-electron chi connectivity index (χ3n) is 4.15. The average Bonchev–Trinajstić information content (AvgIpc) is 2.89. The van der Waals surface area contributed by atoms with Crippen LogP contribution in [0.2, 0.25) is 5.02 Å². The number of carbonyl (C=O) groups is 3. The smallest absolute Gasteiger partial charge is 0.344 e. The van der Waals surface area contributed by atoms with Gasteiger partial charge in [-0.15, -0.1) is 0 Å². The molecule has 2 aromatic rings. The van der Waals surface area contributed by atoms with Crippen LogP contribution in [0.15, 0.2) is 42.5 Å². The van der Waals surface area contributed by atoms with Crippen molar-refractivity contribution >= 4 is 29.4 Å². The standard InChI is InChI=1S/C20H18ClNO5/c1-13-11-14(21)7-8-17(13)27-12-18(23)26-10-4-9-22-19(24)15-5-2-3-6-16(15)20(22)25/h2-3,5-8,11H,4,9-10,12H2,1H3. The Labute approximate surface area is 161 Å². The first-order valence-electron chi connectivity index (χ1n) is 8.47. The Morgan fingerprint density at radius 3 is 2.37 bits per heavy atom. The maximum atomic E-state index is 12.2. The van der Waals surface area contributed by atoms with Gasteiger partial charge in [0.15, 0.2) is 6.61 Å². The molecule has 0 bridgehead atoms. The lowest BCUT2D eigenvalue weighted by atomic mass is 10.1. The fourth-order valence-electron chi connectivity index (χ4n) is 2.80. The van der Waals surface area contributed by atoms with Crippen LogP contribution in [0.1, 0.15) is 32.7 Å². The summed E-state index contributed by atoms with van der Waals surface area (Å²) in [5, 5.41) is 0.593. The van der Waals surface area contributed by atoms with Crippen molar-refractivity contribution in [2.45, 2.75) is 13.3 Å². The number of ether oxygens (including phenoxy) is 2. The Kier molecular flexibility index (Phi) is 5.76. The van der Waals surface area contributed by atoms with Gasteiger partial charge in [-0.25, -0.2) is 4.79 Å². The zero-order valence-electron chi connectivity index (χ0n) is 14.7. The van der Waals surface area contributed by atoms with Crippen LogP contribution in [0.25, 0.3) is 0 Å². The van der Waals surface area contributed by atoms with Crippen LogP contribution in [0.3, 0.4) is 0 Å². The first kappa shape index (κ1) is 18.9. The molecule has 0 aliphatic carbocycles. The van der Waals surface area contributed by atoms with E-state index in [1.807, 2.05) is 6.92 Å². The van der Waals surface area contributed by atoms with Crippen molar-refractivity contribution in [3.63, 3.8) is 0 Å². The number of halogens is 1. The number of imide groups is 1. The molecule has 0 saturated heterocycles. The number of carbonyl (C=O) groups excluding carboxylic acids is 3. The van der Waals surface area contributed by atoms with Crippen molar-refractivity contribution in [1.82, 2.24) is 4.90 Å². The predicted octanol–water partition coefficient (Wildman–Crippen LogP) is 3.26. The van der Waals surface area contributed by atoms with Crippen LogP contribution in [0.4, 0.5) is 0 Å². The van der Waals surface area contributed by atoms with Gasteiger partial charge in [-0.1, -0.05) is 23.7 Å². The van der Waals surface area contributed by atoms with Crippen LogP contribution in [0, 0.1) is 6.92 Å². The van der Waals surface area contributed by atoms with Crippen LogP contribution < -0.4 is 4.74 Å². The summed E-state index contributed by atoms with van der Waals surface area (Å²) in [7, 11) is 0. The molecule has 1 aliphatic heterocycles. The second-order valence-electron chi connectivity index (χ2n) is 6.08. The number of amides is 2. The van der Waals surface area contributed by atoms with Crippen molar-refractivity contribution < 1.29 is 23.9 Å². The van der Waals surface area contributed by atoms with Crippen LogP contribution in [-0.4, -0.2) is 42.4 Å². The molecule has 6 nitrogen and oxygen atoms in total. The zero-order valence-corrected chi connectivity index (χ0v) is 15.5. The summed E-state index contributed by atoms with van der Waals surface area (Å²) >= 11 is 5.87. The molecule has 1 heterocycles. The second-order valence-corrected chi connectivity index (χ2v) is 6.52. The number of hydrogen-bond donors (Lipinski definition) is 0. The largest absolute Gasteiger partial charge is 0.482 e. The molecule has 27 heavy (non-hydrogen) atoms. The fourth-order valence-corrected chi connectivity index (χ4v) is 3.03. The summed E-state index contributed by atoms with van der Waals surface area (Å²) in [6.45, 7) is 1.89. The molecule has 1 aliphatic rings. The number of rotatable bonds is 7. The second kappa shape index (κ2) is 8.22. The molecule has 0 radical (unpaired) electrons. The van der Waals surface area contributed by atoms with Crippen LogP contribution >= 0.6 is 11.6 Å². The van der Waals surface area contributed by atoms with Crippen molar-refractivity contribution in [2.24, 2.45) is 0 Å². The van der Waals surface area contributed by atoms with E-state index in [2.05, 4.69) is 0 Å². The Morgan fingerprint density at radius 1 is 1.07 bits per heavy atom. The molecule has 0 N–H and O–H groups in total. The Hall–Kier alpha value is -2.86. The Balaban J connectivity index is 1.41. The first-order valence-corrected chi connectivity index (χ1v) is 8.85. The van der Waals surface area contributed by atoms with Gasteiger partial charge in [0.05, 0.1) is 17.7 Å². The van der Waals surface area contributed by atoms with E-state index in [1.54, 1.807) is 42.5 Å². The molecule has 7 heteroatoms. The average molecular weight is 388 g/mol. The Bertz CT molecular complexity index is 861. The first-order chi connectivity index (χ1) is 13.0. The third-order valence-corrected chi connectivity index (χ3v) is 4.38. The van der Waals surface area contributed by atoms with E-state index in [4.69, 9.17) is 21.1 Å². The van der Waals surface area contributed by atoms with Gasteiger partial charge >= 0.3 is 5.97 Å². The number of fused-ring (bicyclic) bond motifs is 1. The van der Waals surface area contributed by atoms with E-state index in [1.165, 1.54) is 4.90 Å². The molecule has 2 aromatic carbocycles. The predicted molar refractivity (Wildman–Crippen MR) is 99.1 cm³/mol. The highest BCUT2D eigenvalue weighted by atomic mass is 35.5. The monoisotopic (exact) mass is 387 g/mol. The molecule has 0 atom stereocenters. The molecular weight excluding hydrogens is 370 g/mol. The number of benzene rings is 2. The number of aryl methyl sites for hydroxylation is 1. The molecule has 0 spiro atoms. The van der Waals surface area contributed by atoms with Gasteiger partial charge in [-0.05, 0) is 49.2 Å². The van der Waals surface area contributed by atoms with Crippen molar-refractivity contribution in [3.05, 3.63) is 64.2 Å². The van der Waals surface area contributed by atoms with Crippen LogP contribution in [0.5, 0.6) is 5.75 Å². The van der Waals surface area contributed by atoms with Gasteiger partial charge in [0.2, 0.25) is 0 Å². The highest BCUT2D eigenvalue weighted by molar-refractivity contribution is 6.30.